The van der Waals surface area contributed by atoms with E-state index in [4.69, 9.17) is 0 Å². The van der Waals surface area contributed by atoms with Crippen LogP contribution in [0.5, 0.6) is 0 Å². The summed E-state index contributed by atoms with van der Waals surface area (Å²) in [5.41, 5.74) is 5.12. The molecule has 0 aliphatic carbocycles. The van der Waals surface area contributed by atoms with Gasteiger partial charge in [0.1, 0.15) is 0 Å². The van der Waals surface area contributed by atoms with Crippen LogP contribution in [0.1, 0.15) is 30.5 Å². The number of rotatable bonds is 5. The van der Waals surface area contributed by atoms with Crippen LogP contribution in [0, 0.1) is 18.3 Å². The maximum absolute atomic E-state index is 9.40. The molecule has 112 valence electrons. The molecule has 0 atom stereocenters. The lowest BCUT2D eigenvalue weighted by Crippen LogP contribution is -2.21. The molecule has 0 spiro atoms. The van der Waals surface area contributed by atoms with Gasteiger partial charge in [-0.15, -0.1) is 0 Å². The Bertz CT molecular complexity index is 669. The van der Waals surface area contributed by atoms with E-state index in [0.29, 0.717) is 5.57 Å². The molecule has 0 radical (unpaired) electrons. The molecular weight excluding hydrogens is 268 g/mol. The predicted octanol–water partition coefficient (Wildman–Crippen LogP) is 4.91. The van der Waals surface area contributed by atoms with Crippen molar-refractivity contribution >= 4 is 17.3 Å². The Morgan fingerprint density at radius 2 is 1.59 bits per heavy atom. The molecule has 2 aromatic rings. The van der Waals surface area contributed by atoms with Gasteiger partial charge in [-0.3, -0.25) is 0 Å². The van der Waals surface area contributed by atoms with Crippen molar-refractivity contribution in [1.82, 2.24) is 0 Å². The van der Waals surface area contributed by atoms with Crippen molar-refractivity contribution in [3.8, 4) is 6.07 Å². The predicted molar refractivity (Wildman–Crippen MR) is 94.7 cm³/mol. The molecule has 2 aromatic carbocycles. The number of hydrogen-bond acceptors (Lipinski definition) is 2. The Morgan fingerprint density at radius 3 is 2.09 bits per heavy atom. The van der Waals surface area contributed by atoms with Crippen molar-refractivity contribution in [2.24, 2.45) is 0 Å². The van der Waals surface area contributed by atoms with Gasteiger partial charge in [0.2, 0.25) is 0 Å². The Labute approximate surface area is 133 Å². The Hall–Kier alpha value is -2.53. The third-order valence-electron chi connectivity index (χ3n) is 3.82. The Kier molecular flexibility index (Phi) is 5.38. The SMILES string of the molecule is CCN(CC)c1ccc(/C=C(/C#N)c2ccc(C)cc2)cc1. The molecule has 0 unspecified atom stereocenters. The minimum atomic E-state index is 0.690. The molecule has 22 heavy (non-hydrogen) atoms. The van der Waals surface area contributed by atoms with Gasteiger partial charge in [0.25, 0.3) is 0 Å². The van der Waals surface area contributed by atoms with Gasteiger partial charge in [-0.1, -0.05) is 42.0 Å². The van der Waals surface area contributed by atoms with Gasteiger partial charge >= 0.3 is 0 Å². The largest absolute Gasteiger partial charge is 0.372 e. The summed E-state index contributed by atoms with van der Waals surface area (Å²) in [6.45, 7) is 8.35. The standard InChI is InChI=1S/C20H22N2/c1-4-22(5-2)20-12-8-17(9-13-20)14-19(15-21)18-10-6-16(3)7-11-18/h6-14H,4-5H2,1-3H3/b19-14-. The minimum Gasteiger partial charge on any atom is -0.372 e. The molecule has 2 nitrogen and oxygen atoms in total. The van der Waals surface area contributed by atoms with Crippen molar-refractivity contribution < 1.29 is 0 Å². The van der Waals surface area contributed by atoms with Crippen LogP contribution >= 0.6 is 0 Å². The highest BCUT2D eigenvalue weighted by atomic mass is 15.1. The molecule has 2 heteroatoms. The van der Waals surface area contributed by atoms with Crippen molar-refractivity contribution in [2.75, 3.05) is 18.0 Å². The maximum Gasteiger partial charge on any atom is 0.0998 e. The highest BCUT2D eigenvalue weighted by Crippen LogP contribution is 2.20. The van der Waals surface area contributed by atoms with Crippen LogP contribution in [0.25, 0.3) is 11.6 Å². The van der Waals surface area contributed by atoms with Crippen molar-refractivity contribution in [1.29, 1.82) is 5.26 Å². The van der Waals surface area contributed by atoms with Gasteiger partial charge in [0, 0.05) is 18.8 Å². The van der Waals surface area contributed by atoms with Gasteiger partial charge in [-0.25, -0.2) is 0 Å². The van der Waals surface area contributed by atoms with Crippen LogP contribution in [0.15, 0.2) is 48.5 Å². The number of allylic oxidation sites excluding steroid dienone is 1. The molecule has 0 aliphatic heterocycles. The zero-order chi connectivity index (χ0) is 15.9. The van der Waals surface area contributed by atoms with Crippen LogP contribution in [-0.4, -0.2) is 13.1 Å². The highest BCUT2D eigenvalue weighted by Gasteiger charge is 2.03. The van der Waals surface area contributed by atoms with E-state index in [1.165, 1.54) is 11.3 Å². The lowest BCUT2D eigenvalue weighted by molar-refractivity contribution is 0.866. The second-order valence-electron chi connectivity index (χ2n) is 5.30. The fourth-order valence-corrected chi connectivity index (χ4v) is 2.45. The maximum atomic E-state index is 9.40. The van der Waals surface area contributed by atoms with Crippen molar-refractivity contribution in [3.63, 3.8) is 0 Å². The van der Waals surface area contributed by atoms with Gasteiger partial charge in [0.05, 0.1) is 11.6 Å². The second kappa shape index (κ2) is 7.47. The van der Waals surface area contributed by atoms with Gasteiger partial charge in [-0.2, -0.15) is 5.26 Å². The summed E-state index contributed by atoms with van der Waals surface area (Å²) in [5.74, 6) is 0. The molecule has 0 fully saturated rings. The fraction of sp³-hybridized carbons (Fsp3) is 0.250. The van der Waals surface area contributed by atoms with Gasteiger partial charge < -0.3 is 4.90 Å². The Morgan fingerprint density at radius 1 is 1.00 bits per heavy atom. The van der Waals surface area contributed by atoms with E-state index < -0.39 is 0 Å². The van der Waals surface area contributed by atoms with Crippen LogP contribution in [0.2, 0.25) is 0 Å². The van der Waals surface area contributed by atoms with Crippen LogP contribution in [-0.2, 0) is 0 Å². The molecule has 0 amide bonds. The monoisotopic (exact) mass is 290 g/mol. The third kappa shape index (κ3) is 3.77. The summed E-state index contributed by atoms with van der Waals surface area (Å²) in [5, 5.41) is 9.40. The van der Waals surface area contributed by atoms with E-state index in [-0.39, 0.29) is 0 Å². The van der Waals surface area contributed by atoms with E-state index in [9.17, 15) is 5.26 Å². The van der Waals surface area contributed by atoms with Crippen molar-refractivity contribution in [2.45, 2.75) is 20.8 Å². The first-order valence-corrected chi connectivity index (χ1v) is 7.71. The number of hydrogen-bond donors (Lipinski definition) is 0. The van der Waals surface area contributed by atoms with Gasteiger partial charge in [0.15, 0.2) is 0 Å². The molecule has 0 bridgehead atoms. The summed E-state index contributed by atoms with van der Waals surface area (Å²) in [4.78, 5) is 2.30. The molecule has 2 rings (SSSR count). The number of benzene rings is 2. The number of nitriles is 1. The topological polar surface area (TPSA) is 27.0 Å². The molecule has 0 N–H and O–H groups in total. The normalized spacial score (nSPS) is 11.1. The summed E-state index contributed by atoms with van der Waals surface area (Å²) < 4.78 is 0. The van der Waals surface area contributed by atoms with E-state index in [2.05, 4.69) is 49.1 Å². The van der Waals surface area contributed by atoms with E-state index in [0.717, 1.165) is 24.2 Å². The zero-order valence-electron chi connectivity index (χ0n) is 13.5. The summed E-state index contributed by atoms with van der Waals surface area (Å²) >= 11 is 0. The lowest BCUT2D eigenvalue weighted by atomic mass is 10.0. The second-order valence-corrected chi connectivity index (χ2v) is 5.30. The molecular formula is C20H22N2. The van der Waals surface area contributed by atoms with E-state index in [1.54, 1.807) is 0 Å². The van der Waals surface area contributed by atoms with Crippen LogP contribution in [0.4, 0.5) is 5.69 Å². The first-order chi connectivity index (χ1) is 10.7. The first kappa shape index (κ1) is 15.9. The lowest BCUT2D eigenvalue weighted by Gasteiger charge is -2.20. The molecule has 0 aliphatic rings. The third-order valence-corrected chi connectivity index (χ3v) is 3.82. The average molecular weight is 290 g/mol. The highest BCUT2D eigenvalue weighted by molar-refractivity contribution is 5.89. The molecule has 0 saturated heterocycles. The smallest absolute Gasteiger partial charge is 0.0998 e. The van der Waals surface area contributed by atoms with E-state index >= 15 is 0 Å². The fourth-order valence-electron chi connectivity index (χ4n) is 2.45. The number of nitrogens with zero attached hydrogens (tertiary/aromatic N) is 2. The van der Waals surface area contributed by atoms with Gasteiger partial charge in [-0.05, 0) is 50.1 Å². The quantitative estimate of drug-likeness (QED) is 0.578. The number of aryl methyl sites for hydroxylation is 1. The average Bonchev–Trinajstić information content (AvgIpc) is 2.56. The van der Waals surface area contributed by atoms with E-state index in [1.807, 2.05) is 37.3 Å². The van der Waals surface area contributed by atoms with Crippen LogP contribution in [0.3, 0.4) is 0 Å². The molecule has 0 heterocycles. The number of anilines is 1. The molecule has 0 aromatic heterocycles. The summed E-state index contributed by atoms with van der Waals surface area (Å²) in [6.07, 6.45) is 1.94. The summed E-state index contributed by atoms with van der Waals surface area (Å²) in [6, 6.07) is 18.7. The summed E-state index contributed by atoms with van der Waals surface area (Å²) in [7, 11) is 0. The first-order valence-electron chi connectivity index (χ1n) is 7.71. The molecule has 0 saturated carbocycles. The van der Waals surface area contributed by atoms with Crippen LogP contribution < -0.4 is 4.90 Å². The zero-order valence-corrected chi connectivity index (χ0v) is 13.5. The van der Waals surface area contributed by atoms with Crippen molar-refractivity contribution in [3.05, 3.63) is 65.2 Å². The minimum absolute atomic E-state index is 0.690. The Balaban J connectivity index is 2.27.